The van der Waals surface area contributed by atoms with Crippen molar-refractivity contribution >= 4 is 29.3 Å². The molecule has 27 heavy (non-hydrogen) atoms. The maximum absolute atomic E-state index is 13.3. The zero-order chi connectivity index (χ0) is 19.6. The van der Waals surface area contributed by atoms with Gasteiger partial charge in [-0.25, -0.2) is 4.39 Å². The number of halogens is 1. The van der Waals surface area contributed by atoms with Crippen molar-refractivity contribution in [2.24, 2.45) is 0 Å². The smallest absolute Gasteiger partial charge is 0.276 e. The third-order valence-electron chi connectivity index (χ3n) is 4.23. The summed E-state index contributed by atoms with van der Waals surface area (Å²) >= 11 is 5.21. The van der Waals surface area contributed by atoms with Crippen molar-refractivity contribution in [1.29, 1.82) is 0 Å². The maximum atomic E-state index is 13.3. The maximum Gasteiger partial charge on any atom is 0.276 e. The average Bonchev–Trinajstić information content (AvgIpc) is 2.84. The number of thiocarbonyl (C=S) groups is 1. The van der Waals surface area contributed by atoms with Gasteiger partial charge in [0.15, 0.2) is 16.6 Å². The van der Waals surface area contributed by atoms with Crippen LogP contribution in [0.1, 0.15) is 11.1 Å². The fourth-order valence-corrected chi connectivity index (χ4v) is 2.91. The third kappa shape index (κ3) is 3.93. The molecule has 140 valence electrons. The van der Waals surface area contributed by atoms with Crippen molar-refractivity contribution in [2.75, 3.05) is 21.2 Å². The van der Waals surface area contributed by atoms with Crippen LogP contribution >= 0.6 is 12.2 Å². The molecule has 1 heterocycles. The first-order valence-corrected chi connectivity index (χ1v) is 8.64. The van der Waals surface area contributed by atoms with Gasteiger partial charge >= 0.3 is 0 Å². The van der Waals surface area contributed by atoms with Crippen LogP contribution in [0.3, 0.4) is 0 Å². The summed E-state index contributed by atoms with van der Waals surface area (Å²) < 4.78 is 24.4. The van der Waals surface area contributed by atoms with Crippen LogP contribution in [0.25, 0.3) is 6.08 Å². The van der Waals surface area contributed by atoms with Gasteiger partial charge in [0.1, 0.15) is 18.1 Å². The number of likely N-dealkylation sites (N-methyl/N-ethyl adjacent to an activating group) is 2. The molecule has 0 radical (unpaired) electrons. The Kier molecular flexibility index (Phi) is 5.41. The van der Waals surface area contributed by atoms with E-state index < -0.39 is 0 Å². The summed E-state index contributed by atoms with van der Waals surface area (Å²) in [6.07, 6.45) is 1.75. The van der Waals surface area contributed by atoms with Crippen LogP contribution < -0.4 is 9.47 Å². The summed E-state index contributed by atoms with van der Waals surface area (Å²) in [5.74, 6) is 0.582. The van der Waals surface area contributed by atoms with Gasteiger partial charge < -0.3 is 14.4 Å². The molecule has 1 aliphatic rings. The normalized spacial score (nSPS) is 15.6. The van der Waals surface area contributed by atoms with E-state index >= 15 is 0 Å². The zero-order valence-corrected chi connectivity index (χ0v) is 16.0. The second kappa shape index (κ2) is 7.75. The molecular formula is C20H19FN2O3S. The Bertz CT molecular complexity index is 929. The molecule has 0 bridgehead atoms. The van der Waals surface area contributed by atoms with Gasteiger partial charge in [0, 0.05) is 14.1 Å². The van der Waals surface area contributed by atoms with Crippen LogP contribution in [0.4, 0.5) is 4.39 Å². The fraction of sp³-hybridized carbons (Fsp3) is 0.200. The number of amides is 1. The monoisotopic (exact) mass is 386 g/mol. The second-order valence-corrected chi connectivity index (χ2v) is 6.43. The van der Waals surface area contributed by atoms with Crippen molar-refractivity contribution in [3.8, 4) is 11.5 Å². The molecule has 0 N–H and O–H groups in total. The zero-order valence-electron chi connectivity index (χ0n) is 15.2. The van der Waals surface area contributed by atoms with Crippen molar-refractivity contribution in [1.82, 2.24) is 9.80 Å². The Morgan fingerprint density at radius 1 is 1.11 bits per heavy atom. The lowest BCUT2D eigenvalue weighted by Gasteiger charge is -2.13. The number of methoxy groups -OCH3 is 1. The molecule has 1 aliphatic heterocycles. The predicted octanol–water partition coefficient (Wildman–Crippen LogP) is 3.44. The predicted molar refractivity (Wildman–Crippen MR) is 105 cm³/mol. The third-order valence-corrected chi connectivity index (χ3v) is 4.78. The van der Waals surface area contributed by atoms with Gasteiger partial charge in [0.05, 0.1) is 7.11 Å². The Morgan fingerprint density at radius 2 is 1.89 bits per heavy atom. The molecular weight excluding hydrogens is 367 g/mol. The average molecular weight is 386 g/mol. The van der Waals surface area contributed by atoms with Gasteiger partial charge in [0.25, 0.3) is 5.91 Å². The minimum atomic E-state index is -0.307. The van der Waals surface area contributed by atoms with E-state index in [4.69, 9.17) is 21.7 Å². The molecule has 2 aromatic carbocycles. The van der Waals surface area contributed by atoms with E-state index in [2.05, 4.69) is 0 Å². The van der Waals surface area contributed by atoms with E-state index in [1.807, 2.05) is 6.07 Å². The molecule has 0 aliphatic carbocycles. The molecule has 0 atom stereocenters. The highest BCUT2D eigenvalue weighted by molar-refractivity contribution is 7.80. The van der Waals surface area contributed by atoms with E-state index in [9.17, 15) is 9.18 Å². The van der Waals surface area contributed by atoms with Crippen LogP contribution in [0.15, 0.2) is 48.2 Å². The summed E-state index contributed by atoms with van der Waals surface area (Å²) in [6, 6.07) is 11.6. The van der Waals surface area contributed by atoms with Crippen molar-refractivity contribution in [2.45, 2.75) is 6.61 Å². The minimum absolute atomic E-state index is 0.159. The van der Waals surface area contributed by atoms with E-state index in [1.54, 1.807) is 49.3 Å². The van der Waals surface area contributed by atoms with Crippen LogP contribution in [0.5, 0.6) is 11.5 Å². The lowest BCUT2D eigenvalue weighted by atomic mass is 10.1. The van der Waals surface area contributed by atoms with Crippen LogP contribution in [-0.2, 0) is 11.4 Å². The molecule has 0 spiro atoms. The van der Waals surface area contributed by atoms with Gasteiger partial charge in [-0.3, -0.25) is 9.69 Å². The van der Waals surface area contributed by atoms with E-state index in [0.29, 0.717) is 22.3 Å². The summed E-state index contributed by atoms with van der Waals surface area (Å²) in [4.78, 5) is 15.4. The lowest BCUT2D eigenvalue weighted by Crippen LogP contribution is -2.26. The fourth-order valence-electron chi connectivity index (χ4n) is 2.73. The first-order chi connectivity index (χ1) is 12.9. The summed E-state index contributed by atoms with van der Waals surface area (Å²) in [7, 11) is 4.94. The molecule has 5 nitrogen and oxygen atoms in total. The van der Waals surface area contributed by atoms with E-state index in [0.717, 1.165) is 11.1 Å². The Morgan fingerprint density at radius 3 is 2.52 bits per heavy atom. The van der Waals surface area contributed by atoms with Crippen molar-refractivity contribution < 1.29 is 18.7 Å². The molecule has 0 unspecified atom stereocenters. The van der Waals surface area contributed by atoms with E-state index in [1.165, 1.54) is 24.1 Å². The molecule has 2 aromatic rings. The highest BCUT2D eigenvalue weighted by Gasteiger charge is 2.32. The number of nitrogens with zero attached hydrogens (tertiary/aromatic N) is 2. The summed E-state index contributed by atoms with van der Waals surface area (Å²) in [5, 5.41) is 0.452. The van der Waals surface area contributed by atoms with Gasteiger partial charge in [-0.15, -0.1) is 0 Å². The summed E-state index contributed by atoms with van der Waals surface area (Å²) in [6.45, 7) is 0.217. The molecule has 1 fully saturated rings. The Balaban J connectivity index is 1.81. The summed E-state index contributed by atoms with van der Waals surface area (Å²) in [5.41, 5.74) is 1.98. The number of carbonyl (C=O) groups excluding carboxylic acids is 1. The highest BCUT2D eigenvalue weighted by Crippen LogP contribution is 2.30. The quantitative estimate of drug-likeness (QED) is 0.582. The minimum Gasteiger partial charge on any atom is -0.493 e. The highest BCUT2D eigenvalue weighted by atomic mass is 32.1. The van der Waals surface area contributed by atoms with Crippen LogP contribution in [0.2, 0.25) is 0 Å². The topological polar surface area (TPSA) is 42.0 Å². The van der Waals surface area contributed by atoms with Gasteiger partial charge in [0.2, 0.25) is 0 Å². The van der Waals surface area contributed by atoms with Crippen LogP contribution in [-0.4, -0.2) is 42.0 Å². The number of rotatable bonds is 5. The Hall–Kier alpha value is -2.93. The molecule has 0 aromatic heterocycles. The SMILES string of the molecule is COc1cc(/C=C2/C(=O)N(C)C(=S)N2C)ccc1OCc1cccc(F)c1. The first kappa shape index (κ1) is 18.8. The number of hydrogen-bond donors (Lipinski definition) is 0. The first-order valence-electron chi connectivity index (χ1n) is 8.23. The van der Waals surface area contributed by atoms with E-state index in [-0.39, 0.29) is 18.3 Å². The standard InChI is InChI=1S/C20H19FN2O3S/c1-22-16(19(24)23(2)20(22)27)10-13-7-8-17(18(11-13)25-3)26-12-14-5-4-6-15(21)9-14/h4-11H,12H2,1-3H3/b16-10-. The molecule has 0 saturated carbocycles. The van der Waals surface area contributed by atoms with Gasteiger partial charge in [-0.05, 0) is 53.7 Å². The second-order valence-electron chi connectivity index (χ2n) is 6.06. The number of carbonyl (C=O) groups is 1. The molecule has 3 rings (SSSR count). The molecule has 1 saturated heterocycles. The van der Waals surface area contributed by atoms with Gasteiger partial charge in [-0.1, -0.05) is 18.2 Å². The van der Waals surface area contributed by atoms with Gasteiger partial charge in [-0.2, -0.15) is 0 Å². The Labute approximate surface area is 162 Å². The number of benzene rings is 2. The number of hydrogen-bond acceptors (Lipinski definition) is 4. The lowest BCUT2D eigenvalue weighted by molar-refractivity contribution is -0.121. The van der Waals surface area contributed by atoms with Crippen molar-refractivity contribution in [3.05, 3.63) is 65.1 Å². The largest absolute Gasteiger partial charge is 0.493 e. The van der Waals surface area contributed by atoms with Crippen molar-refractivity contribution in [3.63, 3.8) is 0 Å². The molecule has 1 amide bonds. The molecule has 7 heteroatoms. The van der Waals surface area contributed by atoms with Crippen LogP contribution in [0, 0.1) is 5.82 Å². The number of ether oxygens (including phenoxy) is 2.